The molecule has 2 aromatic rings. The number of aromatic nitrogens is 2. The predicted molar refractivity (Wildman–Crippen MR) is 106 cm³/mol. The van der Waals surface area contributed by atoms with Crippen molar-refractivity contribution in [3.05, 3.63) is 72.8 Å². The number of nitrogens with one attached hydrogen (secondary N) is 1. The van der Waals surface area contributed by atoms with Gasteiger partial charge >= 0.3 is 0 Å². The Hall–Kier alpha value is -2.15. The highest BCUT2D eigenvalue weighted by molar-refractivity contribution is 6.69. The van der Waals surface area contributed by atoms with Gasteiger partial charge in [0.1, 0.15) is 0 Å². The standard InChI is InChI=1S/C18H17Cl3N4O2/c1-2-7-24-16(26)15(18(19,20)21)25(12-13-5-9-22-10-6-13)17(27)14-4-3-8-23-11-14/h2-6,8-11,15H,1,7,12H2,(H,24,26). The molecule has 2 aromatic heterocycles. The summed E-state index contributed by atoms with van der Waals surface area (Å²) < 4.78 is -2.06. The third-order valence-corrected chi connectivity index (χ3v) is 4.18. The number of carbonyl (C=O) groups excluding carboxylic acids is 2. The van der Waals surface area contributed by atoms with Gasteiger partial charge in [-0.1, -0.05) is 40.9 Å². The molecule has 0 radical (unpaired) electrons. The Bertz CT molecular complexity index is 782. The Morgan fingerprint density at radius 3 is 2.44 bits per heavy atom. The maximum absolute atomic E-state index is 13.1. The van der Waals surface area contributed by atoms with E-state index in [1.54, 1.807) is 36.7 Å². The number of alkyl halides is 3. The Labute approximate surface area is 172 Å². The normalized spacial score (nSPS) is 12.1. The van der Waals surface area contributed by atoms with Crippen molar-refractivity contribution in [2.45, 2.75) is 16.4 Å². The minimum atomic E-state index is -2.06. The van der Waals surface area contributed by atoms with E-state index in [0.717, 1.165) is 5.56 Å². The number of hydrogen-bond acceptors (Lipinski definition) is 4. The van der Waals surface area contributed by atoms with Gasteiger partial charge < -0.3 is 10.2 Å². The van der Waals surface area contributed by atoms with Crippen LogP contribution in [0.15, 0.2) is 61.7 Å². The molecule has 0 aliphatic carbocycles. The summed E-state index contributed by atoms with van der Waals surface area (Å²) in [5.41, 5.74) is 0.986. The van der Waals surface area contributed by atoms with E-state index in [9.17, 15) is 9.59 Å². The van der Waals surface area contributed by atoms with Crippen LogP contribution in [0.5, 0.6) is 0 Å². The van der Waals surface area contributed by atoms with Crippen LogP contribution in [0.3, 0.4) is 0 Å². The zero-order valence-electron chi connectivity index (χ0n) is 14.2. The molecule has 2 heterocycles. The van der Waals surface area contributed by atoms with E-state index >= 15 is 0 Å². The molecule has 0 spiro atoms. The van der Waals surface area contributed by atoms with E-state index in [1.165, 1.54) is 23.4 Å². The van der Waals surface area contributed by atoms with Crippen LogP contribution in [0, 0.1) is 0 Å². The van der Waals surface area contributed by atoms with Crippen molar-refractivity contribution >= 4 is 46.6 Å². The van der Waals surface area contributed by atoms with Gasteiger partial charge in [0.25, 0.3) is 5.91 Å². The van der Waals surface area contributed by atoms with E-state index in [1.807, 2.05) is 0 Å². The average Bonchev–Trinajstić information content (AvgIpc) is 2.65. The van der Waals surface area contributed by atoms with Gasteiger partial charge in [0.05, 0.1) is 5.56 Å². The molecule has 9 heteroatoms. The molecule has 27 heavy (non-hydrogen) atoms. The fourth-order valence-corrected chi connectivity index (χ4v) is 3.01. The highest BCUT2D eigenvalue weighted by atomic mass is 35.6. The van der Waals surface area contributed by atoms with Gasteiger partial charge in [-0.15, -0.1) is 6.58 Å². The maximum Gasteiger partial charge on any atom is 0.256 e. The summed E-state index contributed by atoms with van der Waals surface area (Å²) >= 11 is 18.3. The van der Waals surface area contributed by atoms with E-state index < -0.39 is 21.6 Å². The van der Waals surface area contributed by atoms with Crippen LogP contribution in [0.1, 0.15) is 15.9 Å². The van der Waals surface area contributed by atoms with Crippen LogP contribution in [-0.2, 0) is 11.3 Å². The first kappa shape index (κ1) is 21.2. The lowest BCUT2D eigenvalue weighted by Crippen LogP contribution is -2.55. The van der Waals surface area contributed by atoms with Crippen molar-refractivity contribution < 1.29 is 9.59 Å². The largest absolute Gasteiger partial charge is 0.351 e. The maximum atomic E-state index is 13.1. The van der Waals surface area contributed by atoms with Crippen molar-refractivity contribution in [1.29, 1.82) is 0 Å². The van der Waals surface area contributed by atoms with Gasteiger partial charge in [0, 0.05) is 37.9 Å². The molecule has 0 bridgehead atoms. The van der Waals surface area contributed by atoms with Crippen molar-refractivity contribution in [3.63, 3.8) is 0 Å². The van der Waals surface area contributed by atoms with Crippen molar-refractivity contribution in [3.8, 4) is 0 Å². The van der Waals surface area contributed by atoms with E-state index in [-0.39, 0.29) is 18.7 Å². The van der Waals surface area contributed by atoms with Gasteiger partial charge in [-0.2, -0.15) is 0 Å². The lowest BCUT2D eigenvalue weighted by molar-refractivity contribution is -0.125. The summed E-state index contributed by atoms with van der Waals surface area (Å²) in [4.78, 5) is 34.9. The Morgan fingerprint density at radius 1 is 1.19 bits per heavy atom. The molecule has 6 nitrogen and oxygen atoms in total. The molecule has 0 aromatic carbocycles. The first-order chi connectivity index (χ1) is 12.8. The number of pyridine rings is 2. The van der Waals surface area contributed by atoms with Gasteiger partial charge in [0.15, 0.2) is 6.04 Å². The number of amides is 2. The summed E-state index contributed by atoms with van der Waals surface area (Å²) in [6, 6.07) is 5.23. The number of hydrogen-bond donors (Lipinski definition) is 1. The van der Waals surface area contributed by atoms with Gasteiger partial charge in [0.2, 0.25) is 9.70 Å². The van der Waals surface area contributed by atoms with Gasteiger partial charge in [-0.3, -0.25) is 19.6 Å². The van der Waals surface area contributed by atoms with Crippen LogP contribution >= 0.6 is 34.8 Å². The molecule has 0 saturated heterocycles. The third kappa shape index (κ3) is 5.92. The fraction of sp³-hybridized carbons (Fsp3) is 0.222. The highest BCUT2D eigenvalue weighted by Crippen LogP contribution is 2.35. The zero-order chi connectivity index (χ0) is 19.9. The molecule has 0 aliphatic heterocycles. The predicted octanol–water partition coefficient (Wildman–Crippen LogP) is 3.16. The first-order valence-electron chi connectivity index (χ1n) is 7.90. The summed E-state index contributed by atoms with van der Waals surface area (Å²) in [6.07, 6.45) is 7.56. The van der Waals surface area contributed by atoms with E-state index in [0.29, 0.717) is 0 Å². The monoisotopic (exact) mass is 426 g/mol. The Balaban J connectivity index is 2.45. The van der Waals surface area contributed by atoms with Crippen LogP contribution in [0.4, 0.5) is 0 Å². The summed E-state index contributed by atoms with van der Waals surface area (Å²) in [6.45, 7) is 3.74. The summed E-state index contributed by atoms with van der Waals surface area (Å²) in [5, 5.41) is 2.58. The van der Waals surface area contributed by atoms with Crippen LogP contribution in [0.25, 0.3) is 0 Å². The number of nitrogens with zero attached hydrogens (tertiary/aromatic N) is 3. The Kier molecular flexibility index (Phi) is 7.59. The minimum Gasteiger partial charge on any atom is -0.351 e. The van der Waals surface area contributed by atoms with E-state index in [4.69, 9.17) is 34.8 Å². The molecular weight excluding hydrogens is 411 g/mol. The summed E-state index contributed by atoms with van der Waals surface area (Å²) in [5.74, 6) is -1.11. The quantitative estimate of drug-likeness (QED) is 0.544. The van der Waals surface area contributed by atoms with E-state index in [2.05, 4.69) is 21.9 Å². The van der Waals surface area contributed by atoms with Crippen LogP contribution < -0.4 is 5.32 Å². The van der Waals surface area contributed by atoms with Crippen LogP contribution in [0.2, 0.25) is 0 Å². The number of carbonyl (C=O) groups is 2. The second kappa shape index (κ2) is 9.69. The van der Waals surface area contributed by atoms with Crippen LogP contribution in [-0.4, -0.2) is 43.1 Å². The van der Waals surface area contributed by atoms with Gasteiger partial charge in [-0.05, 0) is 29.8 Å². The van der Waals surface area contributed by atoms with Crippen molar-refractivity contribution in [1.82, 2.24) is 20.2 Å². The number of halogens is 3. The molecule has 2 amide bonds. The van der Waals surface area contributed by atoms with Crippen molar-refractivity contribution in [2.24, 2.45) is 0 Å². The lowest BCUT2D eigenvalue weighted by atomic mass is 10.1. The fourth-order valence-electron chi connectivity index (χ4n) is 2.36. The molecular formula is C18H17Cl3N4O2. The zero-order valence-corrected chi connectivity index (χ0v) is 16.5. The minimum absolute atomic E-state index is 0.0380. The molecule has 142 valence electrons. The molecule has 1 atom stereocenters. The molecule has 1 N–H and O–H groups in total. The second-order valence-electron chi connectivity index (χ2n) is 5.51. The second-order valence-corrected chi connectivity index (χ2v) is 7.88. The smallest absolute Gasteiger partial charge is 0.256 e. The number of rotatable bonds is 7. The molecule has 0 fully saturated rings. The molecule has 0 saturated carbocycles. The topological polar surface area (TPSA) is 75.2 Å². The average molecular weight is 428 g/mol. The Morgan fingerprint density at radius 2 is 1.89 bits per heavy atom. The molecule has 1 unspecified atom stereocenters. The molecule has 0 aliphatic rings. The van der Waals surface area contributed by atoms with Crippen molar-refractivity contribution in [2.75, 3.05) is 6.54 Å². The first-order valence-corrected chi connectivity index (χ1v) is 9.03. The lowest BCUT2D eigenvalue weighted by Gasteiger charge is -2.35. The molecule has 2 rings (SSSR count). The summed E-state index contributed by atoms with van der Waals surface area (Å²) in [7, 11) is 0. The highest BCUT2D eigenvalue weighted by Gasteiger charge is 2.45. The van der Waals surface area contributed by atoms with Gasteiger partial charge in [-0.25, -0.2) is 0 Å². The SMILES string of the molecule is C=CCNC(=O)C(N(Cc1ccncc1)C(=O)c1cccnc1)C(Cl)(Cl)Cl. The third-order valence-electron chi connectivity index (χ3n) is 3.56.